The first kappa shape index (κ1) is 30.7. The molecule has 0 heterocycles. The van der Waals surface area contributed by atoms with Crippen LogP contribution < -0.4 is 10.6 Å². The highest BCUT2D eigenvalue weighted by Crippen LogP contribution is 2.29. The van der Waals surface area contributed by atoms with E-state index in [4.69, 9.17) is 4.74 Å². The highest BCUT2D eigenvalue weighted by molar-refractivity contribution is 6.06. The third kappa shape index (κ3) is 8.88. The molecule has 0 aromatic heterocycles. The van der Waals surface area contributed by atoms with E-state index in [0.717, 1.165) is 41.0 Å². The maximum absolute atomic E-state index is 13.3. The maximum Gasteiger partial charge on any atom is 0.416 e. The normalized spacial score (nSPS) is 12.3. The van der Waals surface area contributed by atoms with Gasteiger partial charge in [-0.05, 0) is 52.6 Å². The van der Waals surface area contributed by atoms with Gasteiger partial charge in [0.2, 0.25) is 0 Å². The van der Waals surface area contributed by atoms with Gasteiger partial charge in [0.1, 0.15) is 5.70 Å². The lowest BCUT2D eigenvalue weighted by Crippen LogP contribution is -2.46. The molecule has 0 saturated heterocycles. The standard InChI is InChI=1S/C33H27F3N2O5/c34-33(35,36)27-17-15-26(16-18-27)30(39)37-28(19-22-11-13-25(14-12-22)24-9-5-2-6-10-24)31(40)38-29(32(41)42)21-43-20-23-7-3-1-4-8-23/h1-19,29H,20-21H2,(H,37,39)(H,38,40)(H,41,42)/t29-/m1/s1. The first-order valence-electron chi connectivity index (χ1n) is 13.1. The maximum atomic E-state index is 13.3. The Bertz CT molecular complexity index is 1570. The number of benzene rings is 4. The Hall–Kier alpha value is -5.22. The summed E-state index contributed by atoms with van der Waals surface area (Å²) >= 11 is 0. The first-order valence-corrected chi connectivity index (χ1v) is 13.1. The van der Waals surface area contributed by atoms with Crippen molar-refractivity contribution in [3.8, 4) is 11.1 Å². The number of carboxylic acids is 1. The highest BCUT2D eigenvalue weighted by atomic mass is 19.4. The predicted octanol–water partition coefficient (Wildman–Crippen LogP) is 5.93. The lowest BCUT2D eigenvalue weighted by Gasteiger charge is -2.17. The molecule has 0 saturated carbocycles. The number of hydrogen-bond acceptors (Lipinski definition) is 4. The van der Waals surface area contributed by atoms with E-state index >= 15 is 0 Å². The minimum absolute atomic E-state index is 0.113. The molecule has 0 aliphatic rings. The Morgan fingerprint density at radius 1 is 0.791 bits per heavy atom. The largest absolute Gasteiger partial charge is 0.480 e. The van der Waals surface area contributed by atoms with Gasteiger partial charge in [0.25, 0.3) is 11.8 Å². The Morgan fingerprint density at radius 2 is 1.37 bits per heavy atom. The minimum atomic E-state index is -4.58. The van der Waals surface area contributed by atoms with Crippen molar-refractivity contribution in [2.75, 3.05) is 6.61 Å². The topological polar surface area (TPSA) is 105 Å². The quantitative estimate of drug-likeness (QED) is 0.189. The van der Waals surface area contributed by atoms with Gasteiger partial charge in [0.15, 0.2) is 6.04 Å². The van der Waals surface area contributed by atoms with Crippen molar-refractivity contribution < 1.29 is 37.4 Å². The van der Waals surface area contributed by atoms with Gasteiger partial charge in [-0.15, -0.1) is 0 Å². The van der Waals surface area contributed by atoms with Crippen LogP contribution in [0.4, 0.5) is 13.2 Å². The summed E-state index contributed by atoms with van der Waals surface area (Å²) < 4.78 is 44.4. The molecule has 3 N–H and O–H groups in total. The van der Waals surface area contributed by atoms with Crippen LogP contribution in [0.25, 0.3) is 17.2 Å². The monoisotopic (exact) mass is 588 g/mol. The fraction of sp³-hybridized carbons (Fsp3) is 0.121. The van der Waals surface area contributed by atoms with Gasteiger partial charge < -0.3 is 20.5 Å². The van der Waals surface area contributed by atoms with E-state index in [-0.39, 0.29) is 24.5 Å². The smallest absolute Gasteiger partial charge is 0.416 e. The first-order chi connectivity index (χ1) is 20.6. The zero-order valence-corrected chi connectivity index (χ0v) is 22.7. The summed E-state index contributed by atoms with van der Waals surface area (Å²) in [7, 11) is 0. The van der Waals surface area contributed by atoms with Crippen LogP contribution >= 0.6 is 0 Å². The van der Waals surface area contributed by atoms with E-state index in [1.807, 2.05) is 48.5 Å². The lowest BCUT2D eigenvalue weighted by atomic mass is 10.0. The SMILES string of the molecule is O=C(N[C@H](COCc1ccccc1)C(=O)O)C(=Cc1ccc(-c2ccccc2)cc1)NC(=O)c1ccc(C(F)(F)F)cc1. The van der Waals surface area contributed by atoms with Crippen molar-refractivity contribution in [1.29, 1.82) is 0 Å². The molecule has 0 spiro atoms. The second-order valence-electron chi connectivity index (χ2n) is 9.44. The Balaban J connectivity index is 1.55. The number of amides is 2. The minimum Gasteiger partial charge on any atom is -0.480 e. The van der Waals surface area contributed by atoms with Crippen molar-refractivity contribution in [1.82, 2.24) is 10.6 Å². The van der Waals surface area contributed by atoms with Crippen molar-refractivity contribution >= 4 is 23.9 Å². The van der Waals surface area contributed by atoms with Crippen LogP contribution in [0.1, 0.15) is 27.0 Å². The zero-order valence-electron chi connectivity index (χ0n) is 22.7. The van der Waals surface area contributed by atoms with E-state index < -0.39 is 35.6 Å². The Kier molecular flexibility index (Phi) is 10.1. The second-order valence-corrected chi connectivity index (χ2v) is 9.44. The van der Waals surface area contributed by atoms with Crippen LogP contribution in [0, 0.1) is 0 Å². The van der Waals surface area contributed by atoms with Crippen LogP contribution in [-0.4, -0.2) is 35.5 Å². The molecule has 220 valence electrons. The molecule has 0 bridgehead atoms. The number of rotatable bonds is 11. The summed E-state index contributed by atoms with van der Waals surface area (Å²) in [4.78, 5) is 38.1. The summed E-state index contributed by atoms with van der Waals surface area (Å²) in [5, 5.41) is 14.4. The van der Waals surface area contributed by atoms with Crippen molar-refractivity contribution in [2.24, 2.45) is 0 Å². The molecular weight excluding hydrogens is 561 g/mol. The highest BCUT2D eigenvalue weighted by Gasteiger charge is 2.30. The number of halogens is 3. The molecule has 43 heavy (non-hydrogen) atoms. The van der Waals surface area contributed by atoms with E-state index in [0.29, 0.717) is 5.56 Å². The van der Waals surface area contributed by atoms with Gasteiger partial charge >= 0.3 is 12.1 Å². The summed E-state index contributed by atoms with van der Waals surface area (Å²) in [6, 6.07) is 27.6. The Morgan fingerprint density at radius 3 is 1.95 bits per heavy atom. The van der Waals surface area contributed by atoms with Gasteiger partial charge in [0, 0.05) is 5.56 Å². The number of alkyl halides is 3. The van der Waals surface area contributed by atoms with Crippen molar-refractivity contribution in [3.63, 3.8) is 0 Å². The third-order valence-electron chi connectivity index (χ3n) is 6.30. The predicted molar refractivity (Wildman–Crippen MR) is 154 cm³/mol. The molecule has 0 aliphatic heterocycles. The van der Waals surface area contributed by atoms with Crippen LogP contribution in [0.2, 0.25) is 0 Å². The summed E-state index contributed by atoms with van der Waals surface area (Å²) in [6.45, 7) is -0.247. The number of nitrogens with one attached hydrogen (secondary N) is 2. The van der Waals surface area contributed by atoms with E-state index in [1.165, 1.54) is 6.08 Å². The van der Waals surface area contributed by atoms with Gasteiger partial charge in [-0.1, -0.05) is 84.9 Å². The van der Waals surface area contributed by atoms with Gasteiger partial charge in [0.05, 0.1) is 18.8 Å². The molecule has 0 fully saturated rings. The molecule has 0 aliphatic carbocycles. The fourth-order valence-corrected chi connectivity index (χ4v) is 4.01. The fourth-order valence-electron chi connectivity index (χ4n) is 4.01. The van der Waals surface area contributed by atoms with Crippen LogP contribution in [0.5, 0.6) is 0 Å². The van der Waals surface area contributed by atoms with Crippen LogP contribution in [0.3, 0.4) is 0 Å². The summed E-state index contributed by atoms with van der Waals surface area (Å²) in [6.07, 6.45) is -3.24. The number of carbonyl (C=O) groups excluding carboxylic acids is 2. The average molecular weight is 589 g/mol. The van der Waals surface area contributed by atoms with Crippen LogP contribution in [0.15, 0.2) is 115 Å². The van der Waals surface area contributed by atoms with Gasteiger partial charge in [-0.3, -0.25) is 9.59 Å². The van der Waals surface area contributed by atoms with E-state index in [1.54, 1.807) is 36.4 Å². The number of carboxylic acid groups (broad SMARTS) is 1. The molecule has 4 aromatic rings. The Labute approximate surface area is 245 Å². The lowest BCUT2D eigenvalue weighted by molar-refractivity contribution is -0.143. The molecule has 0 unspecified atom stereocenters. The zero-order chi connectivity index (χ0) is 30.8. The van der Waals surface area contributed by atoms with Crippen molar-refractivity contribution in [3.05, 3.63) is 137 Å². The van der Waals surface area contributed by atoms with E-state index in [9.17, 15) is 32.7 Å². The van der Waals surface area contributed by atoms with Crippen LogP contribution in [-0.2, 0) is 27.1 Å². The van der Waals surface area contributed by atoms with Gasteiger partial charge in [-0.2, -0.15) is 13.2 Å². The molecule has 4 aromatic carbocycles. The molecule has 2 amide bonds. The average Bonchev–Trinajstić information content (AvgIpc) is 3.01. The molecular formula is C33H27F3N2O5. The molecule has 4 rings (SSSR count). The number of carbonyl (C=O) groups is 3. The van der Waals surface area contributed by atoms with Crippen molar-refractivity contribution in [2.45, 2.75) is 18.8 Å². The molecule has 1 atom stereocenters. The number of ether oxygens (including phenoxy) is 1. The third-order valence-corrected chi connectivity index (χ3v) is 6.30. The summed E-state index contributed by atoms with van der Waals surface area (Å²) in [5.41, 5.74) is 1.80. The second kappa shape index (κ2) is 14.1. The number of hydrogen-bond donors (Lipinski definition) is 3. The molecule has 7 nitrogen and oxygen atoms in total. The summed E-state index contributed by atoms with van der Waals surface area (Å²) in [5.74, 6) is -3.15. The van der Waals surface area contributed by atoms with Gasteiger partial charge in [-0.25, -0.2) is 4.79 Å². The number of aliphatic carboxylic acids is 1. The molecule has 10 heteroatoms. The molecule has 0 radical (unpaired) electrons. The van der Waals surface area contributed by atoms with E-state index in [2.05, 4.69) is 10.6 Å².